The second kappa shape index (κ2) is 7.64. The number of piperidine rings is 1. The van der Waals surface area contributed by atoms with Crippen molar-refractivity contribution in [3.8, 4) is 11.5 Å². The number of nitrogens with one attached hydrogen (secondary N) is 1. The molecule has 1 aromatic rings. The van der Waals surface area contributed by atoms with E-state index in [1.54, 1.807) is 12.1 Å². The summed E-state index contributed by atoms with van der Waals surface area (Å²) in [6.45, 7) is 2.34. The molecule has 2 N–H and O–H groups in total. The highest BCUT2D eigenvalue weighted by Gasteiger charge is 2.13. The second-order valence-corrected chi connectivity index (χ2v) is 5.06. The molecule has 1 saturated heterocycles. The third kappa shape index (κ3) is 4.75. The van der Waals surface area contributed by atoms with Crippen LogP contribution in [0.2, 0.25) is 0 Å². The number of methoxy groups -OCH3 is 1. The van der Waals surface area contributed by atoms with E-state index in [0.29, 0.717) is 12.3 Å². The van der Waals surface area contributed by atoms with E-state index in [9.17, 15) is 9.90 Å². The fraction of sp³-hybridized carbons (Fsp3) is 0.467. The van der Waals surface area contributed by atoms with Crippen LogP contribution in [-0.4, -0.2) is 48.9 Å². The molecule has 114 valence electrons. The summed E-state index contributed by atoms with van der Waals surface area (Å²) < 4.78 is 5.01. The Morgan fingerprint density at radius 3 is 2.90 bits per heavy atom. The van der Waals surface area contributed by atoms with E-state index in [-0.39, 0.29) is 11.7 Å². The molecule has 1 aromatic carbocycles. The highest BCUT2D eigenvalue weighted by Crippen LogP contribution is 2.25. The third-order valence-corrected chi connectivity index (χ3v) is 3.42. The minimum absolute atomic E-state index is 0.0729. The standard InChI is InChI=1S/C15H21N3O3/c1-21-14-9-12(5-6-13(14)19)10-16-17-15(20)11-18-7-3-2-4-8-18/h5-6,9-10,19H,2-4,7-8,11H2,1H3,(H,17,20). The molecule has 1 amide bonds. The number of hydrogen-bond donors (Lipinski definition) is 2. The first-order valence-electron chi connectivity index (χ1n) is 7.10. The molecule has 21 heavy (non-hydrogen) atoms. The zero-order chi connectivity index (χ0) is 15.1. The first-order valence-corrected chi connectivity index (χ1v) is 7.10. The molecule has 0 aliphatic carbocycles. The van der Waals surface area contributed by atoms with Crippen molar-refractivity contribution in [3.63, 3.8) is 0 Å². The molecule has 0 bridgehead atoms. The minimum Gasteiger partial charge on any atom is -0.504 e. The molecule has 0 atom stereocenters. The molecule has 0 aromatic heterocycles. The lowest BCUT2D eigenvalue weighted by Crippen LogP contribution is -2.38. The van der Waals surface area contributed by atoms with Gasteiger partial charge in [-0.05, 0) is 49.7 Å². The van der Waals surface area contributed by atoms with Crippen LogP contribution in [0.25, 0.3) is 0 Å². The normalized spacial score (nSPS) is 16.0. The minimum atomic E-state index is -0.112. The first kappa shape index (κ1) is 15.3. The molecule has 0 saturated carbocycles. The highest BCUT2D eigenvalue weighted by molar-refractivity contribution is 5.83. The predicted molar refractivity (Wildman–Crippen MR) is 80.7 cm³/mol. The summed E-state index contributed by atoms with van der Waals surface area (Å²) in [4.78, 5) is 13.9. The van der Waals surface area contributed by atoms with Gasteiger partial charge in [0.2, 0.25) is 0 Å². The summed E-state index contributed by atoms with van der Waals surface area (Å²) in [5, 5.41) is 13.4. The largest absolute Gasteiger partial charge is 0.504 e. The zero-order valence-electron chi connectivity index (χ0n) is 12.2. The monoisotopic (exact) mass is 291 g/mol. The third-order valence-electron chi connectivity index (χ3n) is 3.42. The Kier molecular flexibility index (Phi) is 5.57. The molecule has 0 radical (unpaired) electrons. The van der Waals surface area contributed by atoms with Gasteiger partial charge in [0.25, 0.3) is 5.91 Å². The fourth-order valence-electron chi connectivity index (χ4n) is 2.31. The number of aromatic hydroxyl groups is 1. The van der Waals surface area contributed by atoms with E-state index < -0.39 is 0 Å². The number of benzene rings is 1. The average Bonchev–Trinajstić information content (AvgIpc) is 2.50. The molecule has 1 fully saturated rings. The van der Waals surface area contributed by atoms with Gasteiger partial charge < -0.3 is 9.84 Å². The van der Waals surface area contributed by atoms with Crippen LogP contribution < -0.4 is 10.2 Å². The van der Waals surface area contributed by atoms with Crippen molar-refractivity contribution in [2.75, 3.05) is 26.7 Å². The van der Waals surface area contributed by atoms with E-state index in [0.717, 1.165) is 31.5 Å². The van der Waals surface area contributed by atoms with Gasteiger partial charge in [-0.15, -0.1) is 0 Å². The molecule has 6 heteroatoms. The molecule has 2 rings (SSSR count). The smallest absolute Gasteiger partial charge is 0.254 e. The van der Waals surface area contributed by atoms with E-state index in [2.05, 4.69) is 15.4 Å². The van der Waals surface area contributed by atoms with Gasteiger partial charge in [-0.2, -0.15) is 5.10 Å². The topological polar surface area (TPSA) is 74.2 Å². The highest BCUT2D eigenvalue weighted by atomic mass is 16.5. The van der Waals surface area contributed by atoms with Gasteiger partial charge in [0.05, 0.1) is 19.9 Å². The number of likely N-dealkylation sites (tertiary alicyclic amines) is 1. The van der Waals surface area contributed by atoms with Gasteiger partial charge >= 0.3 is 0 Å². The molecule has 1 aliphatic heterocycles. The van der Waals surface area contributed by atoms with Gasteiger partial charge in [-0.1, -0.05) is 6.42 Å². The number of amides is 1. The number of phenols is 1. The number of carbonyl (C=O) groups is 1. The van der Waals surface area contributed by atoms with E-state index in [1.807, 2.05) is 0 Å². The summed E-state index contributed by atoms with van der Waals surface area (Å²) >= 11 is 0. The lowest BCUT2D eigenvalue weighted by molar-refractivity contribution is -0.122. The number of phenolic OH excluding ortho intramolecular Hbond substituents is 1. The summed E-state index contributed by atoms with van der Waals surface area (Å²) in [5.41, 5.74) is 3.25. The van der Waals surface area contributed by atoms with Crippen molar-refractivity contribution in [1.82, 2.24) is 10.3 Å². The molecule has 6 nitrogen and oxygen atoms in total. The maximum Gasteiger partial charge on any atom is 0.254 e. The van der Waals surface area contributed by atoms with Crippen LogP contribution >= 0.6 is 0 Å². The van der Waals surface area contributed by atoms with Crippen LogP contribution in [0.4, 0.5) is 0 Å². The zero-order valence-corrected chi connectivity index (χ0v) is 12.2. The number of ether oxygens (including phenoxy) is 1. The van der Waals surface area contributed by atoms with Crippen LogP contribution in [-0.2, 0) is 4.79 Å². The SMILES string of the molecule is COc1cc(C=NNC(=O)CN2CCCCC2)ccc1O. The molecular formula is C15H21N3O3. The van der Waals surface area contributed by atoms with Crippen molar-refractivity contribution >= 4 is 12.1 Å². The number of rotatable bonds is 5. The van der Waals surface area contributed by atoms with Crippen molar-refractivity contribution < 1.29 is 14.6 Å². The lowest BCUT2D eigenvalue weighted by Gasteiger charge is -2.25. The lowest BCUT2D eigenvalue weighted by atomic mass is 10.1. The van der Waals surface area contributed by atoms with E-state index >= 15 is 0 Å². The van der Waals surface area contributed by atoms with E-state index in [1.165, 1.54) is 25.8 Å². The first-order chi connectivity index (χ1) is 10.2. The average molecular weight is 291 g/mol. The van der Waals surface area contributed by atoms with Crippen molar-refractivity contribution in [1.29, 1.82) is 0 Å². The maximum absolute atomic E-state index is 11.7. The van der Waals surface area contributed by atoms with E-state index in [4.69, 9.17) is 4.74 Å². The van der Waals surface area contributed by atoms with Crippen LogP contribution in [0.15, 0.2) is 23.3 Å². The van der Waals surface area contributed by atoms with Crippen molar-refractivity contribution in [3.05, 3.63) is 23.8 Å². The van der Waals surface area contributed by atoms with Crippen molar-refractivity contribution in [2.24, 2.45) is 5.10 Å². The Balaban J connectivity index is 1.82. The number of carbonyl (C=O) groups excluding carboxylic acids is 1. The van der Waals surface area contributed by atoms with Gasteiger partial charge in [0, 0.05) is 0 Å². The quantitative estimate of drug-likeness (QED) is 0.634. The summed E-state index contributed by atoms with van der Waals surface area (Å²) in [7, 11) is 1.48. The van der Waals surface area contributed by atoms with Crippen LogP contribution in [0, 0.1) is 0 Å². The Morgan fingerprint density at radius 1 is 1.43 bits per heavy atom. The second-order valence-electron chi connectivity index (χ2n) is 5.06. The van der Waals surface area contributed by atoms with Crippen LogP contribution in [0.3, 0.4) is 0 Å². The maximum atomic E-state index is 11.7. The van der Waals surface area contributed by atoms with Crippen LogP contribution in [0.5, 0.6) is 11.5 Å². The van der Waals surface area contributed by atoms with Gasteiger partial charge in [-0.3, -0.25) is 9.69 Å². The van der Waals surface area contributed by atoms with Gasteiger partial charge in [0.15, 0.2) is 11.5 Å². The van der Waals surface area contributed by atoms with Gasteiger partial charge in [-0.25, -0.2) is 5.43 Å². The Hall–Kier alpha value is -2.08. The summed E-state index contributed by atoms with van der Waals surface area (Å²) in [6.07, 6.45) is 5.09. The Morgan fingerprint density at radius 2 is 2.19 bits per heavy atom. The van der Waals surface area contributed by atoms with Gasteiger partial charge in [0.1, 0.15) is 0 Å². The summed E-state index contributed by atoms with van der Waals surface area (Å²) in [6, 6.07) is 4.86. The molecule has 1 aliphatic rings. The Labute approximate surface area is 124 Å². The van der Waals surface area contributed by atoms with Crippen LogP contribution in [0.1, 0.15) is 24.8 Å². The number of hydrogen-bond acceptors (Lipinski definition) is 5. The molecule has 1 heterocycles. The fourth-order valence-corrected chi connectivity index (χ4v) is 2.31. The number of nitrogens with zero attached hydrogens (tertiary/aromatic N) is 2. The predicted octanol–water partition coefficient (Wildman–Crippen LogP) is 1.34. The molecular weight excluding hydrogens is 270 g/mol. The Bertz CT molecular complexity index is 511. The molecule has 0 spiro atoms. The number of hydrazone groups is 1. The summed E-state index contributed by atoms with van der Waals surface area (Å²) in [5.74, 6) is 0.335. The molecule has 0 unspecified atom stereocenters. The van der Waals surface area contributed by atoms with Crippen molar-refractivity contribution in [2.45, 2.75) is 19.3 Å².